The van der Waals surface area contributed by atoms with Gasteiger partial charge >= 0.3 is 0 Å². The average molecular weight is 467 g/mol. The first-order valence-electron chi connectivity index (χ1n) is 11.3. The van der Waals surface area contributed by atoms with E-state index in [1.807, 2.05) is 31.2 Å². The Balaban J connectivity index is 1.76. The molecule has 2 atom stereocenters. The number of aryl methyl sites for hydroxylation is 1. The van der Waals surface area contributed by atoms with Gasteiger partial charge in [-0.1, -0.05) is 36.4 Å². The molecule has 2 aromatic carbocycles. The molecular weight excluding hydrogens is 436 g/mol. The molecule has 0 unspecified atom stereocenters. The zero-order valence-corrected chi connectivity index (χ0v) is 19.4. The summed E-state index contributed by atoms with van der Waals surface area (Å²) in [6, 6.07) is 12.5. The van der Waals surface area contributed by atoms with Crippen LogP contribution in [0.5, 0.6) is 5.75 Å². The van der Waals surface area contributed by atoms with Gasteiger partial charge in [-0.2, -0.15) is 0 Å². The highest BCUT2D eigenvalue weighted by molar-refractivity contribution is 6.01. The molecule has 1 aliphatic rings. The number of carbonyl (C=O) groups is 4. The van der Waals surface area contributed by atoms with Gasteiger partial charge in [0, 0.05) is 6.54 Å². The SMILES string of the molecule is Cc1ccccc1CCNC(=O)[C@@H]1CC(=O)N[C@@H](C)C(=O)NCCOc2ccccc2C(=O)N1. The van der Waals surface area contributed by atoms with Crippen molar-refractivity contribution in [1.82, 2.24) is 21.3 Å². The number of para-hydroxylation sites is 1. The van der Waals surface area contributed by atoms with Gasteiger partial charge in [-0.3, -0.25) is 19.2 Å². The predicted molar refractivity (Wildman–Crippen MR) is 126 cm³/mol. The molecule has 0 aromatic heterocycles. The molecule has 2 aromatic rings. The molecule has 0 saturated carbocycles. The fourth-order valence-corrected chi connectivity index (χ4v) is 3.60. The van der Waals surface area contributed by atoms with E-state index < -0.39 is 29.8 Å². The second-order valence-corrected chi connectivity index (χ2v) is 8.12. The van der Waals surface area contributed by atoms with E-state index in [0.717, 1.165) is 11.1 Å². The molecule has 0 aliphatic carbocycles. The molecule has 4 amide bonds. The molecule has 0 spiro atoms. The van der Waals surface area contributed by atoms with Crippen molar-refractivity contribution >= 4 is 23.6 Å². The standard InChI is InChI=1S/C25H30N4O5/c1-16-7-3-4-8-18(16)11-12-26-25(33)20-15-22(30)28-17(2)23(31)27-13-14-34-21-10-6-5-9-19(21)24(32)29-20/h3-10,17,20H,11-15H2,1-2H3,(H,26,33)(H,27,31)(H,28,30)(H,29,32)/t17-,20-/m0/s1. The highest BCUT2D eigenvalue weighted by atomic mass is 16.5. The van der Waals surface area contributed by atoms with E-state index in [1.165, 1.54) is 0 Å². The van der Waals surface area contributed by atoms with Crippen molar-refractivity contribution in [3.63, 3.8) is 0 Å². The van der Waals surface area contributed by atoms with Crippen LogP contribution >= 0.6 is 0 Å². The minimum absolute atomic E-state index is 0.138. The van der Waals surface area contributed by atoms with Gasteiger partial charge in [0.1, 0.15) is 24.4 Å². The quantitative estimate of drug-likeness (QED) is 0.532. The van der Waals surface area contributed by atoms with Crippen molar-refractivity contribution in [3.8, 4) is 5.75 Å². The first-order chi connectivity index (χ1) is 16.3. The van der Waals surface area contributed by atoms with Crippen LogP contribution in [0, 0.1) is 6.92 Å². The molecular formula is C25H30N4O5. The normalized spacial score (nSPS) is 19.4. The summed E-state index contributed by atoms with van der Waals surface area (Å²) < 4.78 is 5.66. The lowest BCUT2D eigenvalue weighted by atomic mass is 10.1. The lowest BCUT2D eigenvalue weighted by molar-refractivity contribution is -0.130. The van der Waals surface area contributed by atoms with Crippen LogP contribution in [0.2, 0.25) is 0 Å². The first-order valence-corrected chi connectivity index (χ1v) is 11.3. The Labute approximate surface area is 198 Å². The Morgan fingerprint density at radius 2 is 1.79 bits per heavy atom. The number of hydrogen-bond donors (Lipinski definition) is 4. The summed E-state index contributed by atoms with van der Waals surface area (Å²) in [7, 11) is 0. The fraction of sp³-hybridized carbons (Fsp3) is 0.360. The fourth-order valence-electron chi connectivity index (χ4n) is 3.60. The molecule has 1 heterocycles. The van der Waals surface area contributed by atoms with Gasteiger partial charge in [0.05, 0.1) is 18.5 Å². The van der Waals surface area contributed by atoms with Crippen LogP contribution in [0.3, 0.4) is 0 Å². The number of nitrogens with one attached hydrogen (secondary N) is 4. The topological polar surface area (TPSA) is 126 Å². The zero-order chi connectivity index (χ0) is 24.5. The summed E-state index contributed by atoms with van der Waals surface area (Å²) in [6.07, 6.45) is 0.293. The van der Waals surface area contributed by atoms with Gasteiger partial charge in [0.2, 0.25) is 17.7 Å². The number of fused-ring (bicyclic) bond motifs is 1. The molecule has 1 aliphatic heterocycles. The van der Waals surface area contributed by atoms with E-state index in [4.69, 9.17) is 4.74 Å². The van der Waals surface area contributed by atoms with Crippen molar-refractivity contribution in [3.05, 3.63) is 65.2 Å². The Hall–Kier alpha value is -3.88. The van der Waals surface area contributed by atoms with E-state index in [2.05, 4.69) is 21.3 Å². The van der Waals surface area contributed by atoms with Crippen molar-refractivity contribution in [2.45, 2.75) is 38.8 Å². The number of carbonyl (C=O) groups excluding carboxylic acids is 4. The molecule has 9 nitrogen and oxygen atoms in total. The van der Waals surface area contributed by atoms with Gasteiger partial charge in [-0.15, -0.1) is 0 Å². The van der Waals surface area contributed by atoms with Crippen LogP contribution in [0.15, 0.2) is 48.5 Å². The molecule has 4 N–H and O–H groups in total. The van der Waals surface area contributed by atoms with E-state index >= 15 is 0 Å². The predicted octanol–water partition coefficient (Wildman–Crippen LogP) is 0.856. The van der Waals surface area contributed by atoms with E-state index in [0.29, 0.717) is 18.7 Å². The van der Waals surface area contributed by atoms with Crippen LogP contribution in [0.25, 0.3) is 0 Å². The van der Waals surface area contributed by atoms with Crippen molar-refractivity contribution in [1.29, 1.82) is 0 Å². The highest BCUT2D eigenvalue weighted by Gasteiger charge is 2.27. The van der Waals surface area contributed by atoms with Crippen LogP contribution in [0.4, 0.5) is 0 Å². The zero-order valence-electron chi connectivity index (χ0n) is 19.4. The van der Waals surface area contributed by atoms with Crippen molar-refractivity contribution < 1.29 is 23.9 Å². The van der Waals surface area contributed by atoms with Gasteiger partial charge in [-0.05, 0) is 43.5 Å². The number of amides is 4. The molecule has 0 fully saturated rings. The third-order valence-electron chi connectivity index (χ3n) is 5.53. The van der Waals surface area contributed by atoms with Crippen molar-refractivity contribution in [2.24, 2.45) is 0 Å². The van der Waals surface area contributed by atoms with E-state index in [-0.39, 0.29) is 31.0 Å². The molecule has 0 saturated heterocycles. The second kappa shape index (κ2) is 11.8. The summed E-state index contributed by atoms with van der Waals surface area (Å²) in [5.41, 5.74) is 2.45. The number of rotatable bonds is 4. The van der Waals surface area contributed by atoms with Gasteiger partial charge in [-0.25, -0.2) is 0 Å². The largest absolute Gasteiger partial charge is 0.491 e. The highest BCUT2D eigenvalue weighted by Crippen LogP contribution is 2.18. The number of benzene rings is 2. The minimum atomic E-state index is -1.13. The lowest BCUT2D eigenvalue weighted by Crippen LogP contribution is -2.52. The summed E-state index contributed by atoms with van der Waals surface area (Å²) >= 11 is 0. The van der Waals surface area contributed by atoms with Crippen LogP contribution in [0.1, 0.15) is 34.8 Å². The van der Waals surface area contributed by atoms with Crippen LogP contribution in [-0.4, -0.2) is 55.4 Å². The smallest absolute Gasteiger partial charge is 0.255 e. The Morgan fingerprint density at radius 3 is 2.59 bits per heavy atom. The summed E-state index contributed by atoms with van der Waals surface area (Å²) in [5, 5.41) is 10.7. The molecule has 34 heavy (non-hydrogen) atoms. The van der Waals surface area contributed by atoms with Crippen LogP contribution in [-0.2, 0) is 20.8 Å². The Kier molecular flexibility index (Phi) is 8.61. The molecule has 3 rings (SSSR count). The Morgan fingerprint density at radius 1 is 1.06 bits per heavy atom. The third-order valence-corrected chi connectivity index (χ3v) is 5.53. The molecule has 0 radical (unpaired) electrons. The van der Waals surface area contributed by atoms with Gasteiger partial charge < -0.3 is 26.0 Å². The van der Waals surface area contributed by atoms with E-state index in [1.54, 1.807) is 31.2 Å². The number of ether oxygens (including phenoxy) is 1. The number of hydrogen-bond acceptors (Lipinski definition) is 5. The maximum Gasteiger partial charge on any atom is 0.255 e. The minimum Gasteiger partial charge on any atom is -0.491 e. The van der Waals surface area contributed by atoms with E-state index in [9.17, 15) is 19.2 Å². The lowest BCUT2D eigenvalue weighted by Gasteiger charge is -2.21. The monoisotopic (exact) mass is 466 g/mol. The summed E-state index contributed by atoms with van der Waals surface area (Å²) in [5.74, 6) is -1.59. The molecule has 9 heteroatoms. The average Bonchev–Trinajstić information content (AvgIpc) is 2.82. The molecule has 0 bridgehead atoms. The van der Waals surface area contributed by atoms with Gasteiger partial charge in [0.15, 0.2) is 0 Å². The second-order valence-electron chi connectivity index (χ2n) is 8.12. The van der Waals surface area contributed by atoms with Crippen LogP contribution < -0.4 is 26.0 Å². The first kappa shape index (κ1) is 24.8. The summed E-state index contributed by atoms with van der Waals surface area (Å²) in [6.45, 7) is 4.23. The Bertz CT molecular complexity index is 1060. The molecule has 180 valence electrons. The maximum absolute atomic E-state index is 13.0. The maximum atomic E-state index is 13.0. The third kappa shape index (κ3) is 6.81. The van der Waals surface area contributed by atoms with Crippen molar-refractivity contribution in [2.75, 3.05) is 19.7 Å². The summed E-state index contributed by atoms with van der Waals surface area (Å²) in [4.78, 5) is 50.7. The van der Waals surface area contributed by atoms with Gasteiger partial charge in [0.25, 0.3) is 5.91 Å².